The van der Waals surface area contributed by atoms with Gasteiger partial charge in [0.15, 0.2) is 0 Å². The lowest BCUT2D eigenvalue weighted by Gasteiger charge is -2.25. The van der Waals surface area contributed by atoms with Gasteiger partial charge in [-0.1, -0.05) is 19.9 Å². The van der Waals surface area contributed by atoms with Crippen LogP contribution in [0.25, 0.3) is 0 Å². The van der Waals surface area contributed by atoms with Crippen molar-refractivity contribution in [3.63, 3.8) is 0 Å². The monoisotopic (exact) mass is 211 g/mol. The fourth-order valence-electron chi connectivity index (χ4n) is 1.37. The van der Waals surface area contributed by atoms with Crippen LogP contribution in [0.5, 0.6) is 0 Å². The smallest absolute Gasteiger partial charge is 0.125 e. The first kappa shape index (κ1) is 12.0. The zero-order chi connectivity index (χ0) is 11.3. The average molecular weight is 211 g/mol. The molecule has 0 spiro atoms. The number of nitrogens with one attached hydrogen (secondary N) is 1. The highest BCUT2D eigenvalue weighted by Gasteiger charge is 2.21. The first-order chi connectivity index (χ1) is 7.09. The Morgan fingerprint density at radius 1 is 1.33 bits per heavy atom. The van der Waals surface area contributed by atoms with Gasteiger partial charge in [-0.05, 0) is 31.0 Å². The molecule has 0 aromatic heterocycles. The summed E-state index contributed by atoms with van der Waals surface area (Å²) >= 11 is 0. The number of halogens is 1. The van der Waals surface area contributed by atoms with Gasteiger partial charge in [0.25, 0.3) is 0 Å². The molecule has 0 heterocycles. The minimum Gasteiger partial charge on any atom is -0.388 e. The molecule has 0 fully saturated rings. The number of aliphatic hydroxyl groups is 1. The molecule has 0 aliphatic carbocycles. The lowest BCUT2D eigenvalue weighted by Crippen LogP contribution is -2.35. The molecule has 0 atom stereocenters. The van der Waals surface area contributed by atoms with E-state index in [-0.39, 0.29) is 5.82 Å². The van der Waals surface area contributed by atoms with Crippen molar-refractivity contribution in [2.45, 2.75) is 32.3 Å². The maximum absolute atomic E-state index is 12.8. The van der Waals surface area contributed by atoms with E-state index in [1.54, 1.807) is 12.1 Å². The van der Waals surface area contributed by atoms with Crippen molar-refractivity contribution in [2.75, 3.05) is 11.9 Å². The summed E-state index contributed by atoms with van der Waals surface area (Å²) in [5.74, 6) is -0.267. The summed E-state index contributed by atoms with van der Waals surface area (Å²) in [5, 5.41) is 13.0. The largest absolute Gasteiger partial charge is 0.388 e. The van der Waals surface area contributed by atoms with Gasteiger partial charge in [0, 0.05) is 12.2 Å². The van der Waals surface area contributed by atoms with Crippen LogP contribution in [0.2, 0.25) is 0 Å². The van der Waals surface area contributed by atoms with Gasteiger partial charge >= 0.3 is 0 Å². The molecule has 15 heavy (non-hydrogen) atoms. The van der Waals surface area contributed by atoms with Crippen molar-refractivity contribution in [3.8, 4) is 0 Å². The van der Waals surface area contributed by atoms with Crippen LogP contribution in [0.15, 0.2) is 24.3 Å². The van der Waals surface area contributed by atoms with Crippen molar-refractivity contribution >= 4 is 5.69 Å². The molecule has 1 aromatic carbocycles. The SMILES string of the molecule is CCC(O)(CC)CNc1cccc(F)c1. The Hall–Kier alpha value is -1.09. The van der Waals surface area contributed by atoms with Crippen molar-refractivity contribution < 1.29 is 9.50 Å². The summed E-state index contributed by atoms with van der Waals surface area (Å²) in [7, 11) is 0. The Bertz CT molecular complexity index is 310. The predicted molar refractivity (Wildman–Crippen MR) is 60.4 cm³/mol. The summed E-state index contributed by atoms with van der Waals surface area (Å²) in [6.07, 6.45) is 1.37. The Balaban J connectivity index is 2.56. The van der Waals surface area contributed by atoms with Crippen molar-refractivity contribution in [2.24, 2.45) is 0 Å². The lowest BCUT2D eigenvalue weighted by molar-refractivity contribution is 0.0457. The molecule has 0 unspecified atom stereocenters. The molecule has 0 aliphatic heterocycles. The van der Waals surface area contributed by atoms with E-state index in [1.807, 2.05) is 13.8 Å². The maximum Gasteiger partial charge on any atom is 0.125 e. The Labute approximate surface area is 90.1 Å². The topological polar surface area (TPSA) is 32.3 Å². The Morgan fingerprint density at radius 3 is 2.53 bits per heavy atom. The minimum absolute atomic E-state index is 0.267. The summed E-state index contributed by atoms with van der Waals surface area (Å²) in [5.41, 5.74) is 0.00194. The average Bonchev–Trinajstić information content (AvgIpc) is 2.26. The summed E-state index contributed by atoms with van der Waals surface area (Å²) in [6.45, 7) is 4.33. The normalized spacial score (nSPS) is 11.5. The van der Waals surface area contributed by atoms with Crippen LogP contribution >= 0.6 is 0 Å². The van der Waals surface area contributed by atoms with Crippen LogP contribution in [0.3, 0.4) is 0 Å². The van der Waals surface area contributed by atoms with Crippen molar-refractivity contribution in [1.29, 1.82) is 0 Å². The van der Waals surface area contributed by atoms with Crippen LogP contribution < -0.4 is 5.32 Å². The summed E-state index contributed by atoms with van der Waals surface area (Å²) < 4.78 is 12.8. The van der Waals surface area contributed by atoms with E-state index in [9.17, 15) is 9.50 Å². The van der Waals surface area contributed by atoms with Gasteiger partial charge in [0.05, 0.1) is 5.60 Å². The van der Waals surface area contributed by atoms with Crippen LogP contribution in [-0.2, 0) is 0 Å². The van der Waals surface area contributed by atoms with E-state index in [2.05, 4.69) is 5.32 Å². The second-order valence-electron chi connectivity index (χ2n) is 3.80. The highest BCUT2D eigenvalue weighted by Crippen LogP contribution is 2.16. The molecule has 1 aromatic rings. The van der Waals surface area contributed by atoms with Crippen LogP contribution in [0.4, 0.5) is 10.1 Å². The van der Waals surface area contributed by atoms with Crippen molar-refractivity contribution in [3.05, 3.63) is 30.1 Å². The van der Waals surface area contributed by atoms with Crippen LogP contribution in [0.1, 0.15) is 26.7 Å². The molecule has 0 saturated heterocycles. The number of hydrogen-bond donors (Lipinski definition) is 2. The van der Waals surface area contributed by atoms with Crippen LogP contribution in [-0.4, -0.2) is 17.3 Å². The third kappa shape index (κ3) is 3.51. The van der Waals surface area contributed by atoms with Gasteiger partial charge in [0.2, 0.25) is 0 Å². The standard InChI is InChI=1S/C12H18FNO/c1-3-12(15,4-2)9-14-11-7-5-6-10(13)8-11/h5-8,14-15H,3-4,9H2,1-2H3. The Morgan fingerprint density at radius 2 is 2.00 bits per heavy atom. The van der Waals surface area contributed by atoms with Gasteiger partial charge in [-0.3, -0.25) is 0 Å². The maximum atomic E-state index is 12.8. The van der Waals surface area contributed by atoms with Crippen molar-refractivity contribution in [1.82, 2.24) is 0 Å². The predicted octanol–water partition coefficient (Wildman–Crippen LogP) is 2.79. The zero-order valence-electron chi connectivity index (χ0n) is 9.26. The molecule has 0 amide bonds. The first-order valence-electron chi connectivity index (χ1n) is 5.31. The quantitative estimate of drug-likeness (QED) is 0.785. The highest BCUT2D eigenvalue weighted by molar-refractivity contribution is 5.43. The molecule has 2 nitrogen and oxygen atoms in total. The summed E-state index contributed by atoms with van der Waals surface area (Å²) in [4.78, 5) is 0. The molecule has 0 aliphatic rings. The summed E-state index contributed by atoms with van der Waals surface area (Å²) in [6, 6.07) is 6.26. The van der Waals surface area contributed by atoms with Gasteiger partial charge in [-0.2, -0.15) is 0 Å². The number of anilines is 1. The molecule has 84 valence electrons. The van der Waals surface area contributed by atoms with Crippen LogP contribution in [0, 0.1) is 5.82 Å². The lowest BCUT2D eigenvalue weighted by atomic mass is 9.97. The molecule has 3 heteroatoms. The molecular formula is C12H18FNO. The zero-order valence-corrected chi connectivity index (χ0v) is 9.26. The molecule has 0 bridgehead atoms. The molecular weight excluding hydrogens is 193 g/mol. The van der Waals surface area contributed by atoms with Gasteiger partial charge in [-0.15, -0.1) is 0 Å². The van der Waals surface area contributed by atoms with E-state index >= 15 is 0 Å². The third-order valence-electron chi connectivity index (χ3n) is 2.76. The fraction of sp³-hybridized carbons (Fsp3) is 0.500. The second-order valence-corrected chi connectivity index (χ2v) is 3.80. The van der Waals surface area contributed by atoms with E-state index in [0.717, 1.165) is 0 Å². The number of rotatable bonds is 5. The molecule has 0 radical (unpaired) electrons. The van der Waals surface area contributed by atoms with Gasteiger partial charge in [0.1, 0.15) is 5.82 Å². The van der Waals surface area contributed by atoms with E-state index in [1.165, 1.54) is 12.1 Å². The Kier molecular flexibility index (Phi) is 4.09. The first-order valence-corrected chi connectivity index (χ1v) is 5.31. The van der Waals surface area contributed by atoms with Gasteiger partial charge < -0.3 is 10.4 Å². The molecule has 0 saturated carbocycles. The minimum atomic E-state index is -0.702. The van der Waals surface area contributed by atoms with E-state index in [0.29, 0.717) is 25.1 Å². The third-order valence-corrected chi connectivity index (χ3v) is 2.76. The van der Waals surface area contributed by atoms with E-state index in [4.69, 9.17) is 0 Å². The van der Waals surface area contributed by atoms with E-state index < -0.39 is 5.60 Å². The number of hydrogen-bond acceptors (Lipinski definition) is 2. The van der Waals surface area contributed by atoms with Gasteiger partial charge in [-0.25, -0.2) is 4.39 Å². The highest BCUT2D eigenvalue weighted by atomic mass is 19.1. The fourth-order valence-corrected chi connectivity index (χ4v) is 1.37. The molecule has 1 rings (SSSR count). The number of benzene rings is 1. The second kappa shape index (κ2) is 5.12. The molecule has 2 N–H and O–H groups in total.